The number of aromatic nitrogens is 1. The van der Waals surface area contributed by atoms with Crippen molar-refractivity contribution in [3.05, 3.63) is 137 Å². The van der Waals surface area contributed by atoms with Crippen LogP contribution in [-0.4, -0.2) is 4.98 Å². The molecule has 3 aromatic carbocycles. The standard InChI is InChI=1S/C28H24F4N2/c1-20-12-13-26(33-18-20)27(17-21-8-4-2-5-9-21,34-19-22-10-6-3-7-11-22)23-14-24(28(30,31)32)16-25(29)15-23/h2-16,18,34H,17,19H2,1H3. The van der Waals surface area contributed by atoms with Gasteiger partial charge in [0.05, 0.1) is 16.8 Å². The Kier molecular flexibility index (Phi) is 6.80. The summed E-state index contributed by atoms with van der Waals surface area (Å²) < 4.78 is 55.6. The van der Waals surface area contributed by atoms with Crippen LogP contribution in [0.4, 0.5) is 17.6 Å². The van der Waals surface area contributed by atoms with E-state index in [2.05, 4.69) is 10.3 Å². The predicted molar refractivity (Wildman–Crippen MR) is 125 cm³/mol. The van der Waals surface area contributed by atoms with E-state index in [4.69, 9.17) is 0 Å². The first-order chi connectivity index (χ1) is 16.3. The van der Waals surface area contributed by atoms with Gasteiger partial charge < -0.3 is 0 Å². The monoisotopic (exact) mass is 464 g/mol. The number of rotatable bonds is 7. The maximum atomic E-state index is 14.6. The van der Waals surface area contributed by atoms with Gasteiger partial charge in [0.1, 0.15) is 5.82 Å². The Bertz CT molecular complexity index is 1220. The molecule has 0 saturated carbocycles. The molecule has 0 amide bonds. The maximum Gasteiger partial charge on any atom is 0.416 e. The van der Waals surface area contributed by atoms with Gasteiger partial charge in [-0.2, -0.15) is 13.2 Å². The maximum absolute atomic E-state index is 14.6. The summed E-state index contributed by atoms with van der Waals surface area (Å²) in [4.78, 5) is 4.59. The minimum atomic E-state index is -4.69. The van der Waals surface area contributed by atoms with Crippen LogP contribution in [0.2, 0.25) is 0 Å². The number of pyridine rings is 1. The van der Waals surface area contributed by atoms with Crippen molar-refractivity contribution in [2.45, 2.75) is 31.6 Å². The van der Waals surface area contributed by atoms with E-state index in [0.29, 0.717) is 18.3 Å². The Hall–Kier alpha value is -3.51. The fourth-order valence-corrected chi connectivity index (χ4v) is 4.07. The fraction of sp³-hybridized carbons (Fsp3) is 0.179. The van der Waals surface area contributed by atoms with Gasteiger partial charge in [0.15, 0.2) is 0 Å². The number of aryl methyl sites for hydroxylation is 1. The molecule has 0 aliphatic carbocycles. The summed E-state index contributed by atoms with van der Waals surface area (Å²) in [6.07, 6.45) is -2.74. The van der Waals surface area contributed by atoms with Crippen LogP contribution in [0.3, 0.4) is 0 Å². The summed E-state index contributed by atoms with van der Waals surface area (Å²) >= 11 is 0. The van der Waals surface area contributed by atoms with Crippen molar-refractivity contribution in [2.24, 2.45) is 0 Å². The second-order valence-corrected chi connectivity index (χ2v) is 8.35. The third kappa shape index (κ3) is 5.34. The normalized spacial score (nSPS) is 13.4. The predicted octanol–water partition coefficient (Wildman–Crippen LogP) is 6.82. The van der Waals surface area contributed by atoms with Crippen LogP contribution in [-0.2, 0) is 24.7 Å². The SMILES string of the molecule is Cc1ccc(C(Cc2ccccc2)(NCc2ccccc2)c2cc(F)cc(C(F)(F)F)c2)nc1. The van der Waals surface area contributed by atoms with Gasteiger partial charge >= 0.3 is 6.18 Å². The van der Waals surface area contributed by atoms with Crippen molar-refractivity contribution in [2.75, 3.05) is 0 Å². The number of benzene rings is 3. The molecule has 4 aromatic rings. The molecule has 34 heavy (non-hydrogen) atoms. The van der Waals surface area contributed by atoms with Gasteiger partial charge in [-0.25, -0.2) is 4.39 Å². The number of alkyl halides is 3. The molecule has 0 aliphatic heterocycles. The van der Waals surface area contributed by atoms with Gasteiger partial charge in [-0.3, -0.25) is 10.3 Å². The molecule has 0 radical (unpaired) electrons. The lowest BCUT2D eigenvalue weighted by atomic mass is 9.79. The van der Waals surface area contributed by atoms with Gasteiger partial charge in [0.2, 0.25) is 0 Å². The van der Waals surface area contributed by atoms with Crippen molar-refractivity contribution < 1.29 is 17.6 Å². The molecule has 0 bridgehead atoms. The van der Waals surface area contributed by atoms with E-state index in [0.717, 1.165) is 28.8 Å². The highest BCUT2D eigenvalue weighted by Crippen LogP contribution is 2.38. The number of nitrogens with zero attached hydrogens (tertiary/aromatic N) is 1. The summed E-state index contributed by atoms with van der Waals surface area (Å²) in [5, 5.41) is 3.46. The Morgan fingerprint density at radius 2 is 1.38 bits per heavy atom. The number of hydrogen-bond acceptors (Lipinski definition) is 2. The minimum Gasteiger partial charge on any atom is -0.298 e. The first-order valence-electron chi connectivity index (χ1n) is 10.9. The second-order valence-electron chi connectivity index (χ2n) is 8.35. The first-order valence-corrected chi connectivity index (χ1v) is 10.9. The molecule has 2 nitrogen and oxygen atoms in total. The van der Waals surface area contributed by atoms with Crippen LogP contribution in [0.25, 0.3) is 0 Å². The Labute approximate surface area is 196 Å². The van der Waals surface area contributed by atoms with Gasteiger partial charge in [0.25, 0.3) is 0 Å². The Morgan fingerprint density at radius 1 is 0.765 bits per heavy atom. The van der Waals surface area contributed by atoms with Gasteiger partial charge in [-0.1, -0.05) is 66.7 Å². The minimum absolute atomic E-state index is 0.163. The molecule has 0 saturated heterocycles. The molecule has 4 rings (SSSR count). The molecule has 1 atom stereocenters. The molecule has 6 heteroatoms. The van der Waals surface area contributed by atoms with Gasteiger partial charge in [-0.15, -0.1) is 0 Å². The van der Waals surface area contributed by atoms with Crippen molar-refractivity contribution in [3.8, 4) is 0 Å². The summed E-state index contributed by atoms with van der Waals surface area (Å²) in [7, 11) is 0. The van der Waals surface area contributed by atoms with E-state index < -0.39 is 23.1 Å². The summed E-state index contributed by atoms with van der Waals surface area (Å²) in [5.74, 6) is -0.948. The lowest BCUT2D eigenvalue weighted by Gasteiger charge is -2.36. The van der Waals surface area contributed by atoms with Crippen LogP contribution >= 0.6 is 0 Å². The summed E-state index contributed by atoms with van der Waals surface area (Å²) in [5.41, 5.74) is 1.16. The average Bonchev–Trinajstić information content (AvgIpc) is 2.83. The Balaban J connectivity index is 1.93. The van der Waals surface area contributed by atoms with Crippen LogP contribution in [0.15, 0.2) is 97.2 Å². The molecular formula is C28H24F4N2. The second kappa shape index (κ2) is 9.77. The molecule has 1 heterocycles. The Morgan fingerprint density at radius 3 is 1.97 bits per heavy atom. The van der Waals surface area contributed by atoms with Crippen LogP contribution in [0.5, 0.6) is 0 Å². The fourth-order valence-electron chi connectivity index (χ4n) is 4.07. The molecule has 174 valence electrons. The molecule has 1 unspecified atom stereocenters. The van der Waals surface area contributed by atoms with E-state index in [9.17, 15) is 17.6 Å². The number of nitrogens with one attached hydrogen (secondary N) is 1. The number of hydrogen-bond donors (Lipinski definition) is 1. The third-order valence-corrected chi connectivity index (χ3v) is 5.82. The zero-order valence-electron chi connectivity index (χ0n) is 18.6. The van der Waals surface area contributed by atoms with E-state index in [-0.39, 0.29) is 12.0 Å². The van der Waals surface area contributed by atoms with Crippen LogP contribution < -0.4 is 5.32 Å². The molecule has 1 N–H and O–H groups in total. The van der Waals surface area contributed by atoms with Crippen molar-refractivity contribution in [1.29, 1.82) is 0 Å². The third-order valence-electron chi connectivity index (χ3n) is 5.82. The summed E-state index contributed by atoms with van der Waals surface area (Å²) in [6.45, 7) is 2.23. The molecule has 0 spiro atoms. The topological polar surface area (TPSA) is 24.9 Å². The van der Waals surface area contributed by atoms with Gasteiger partial charge in [0, 0.05) is 19.2 Å². The molecule has 1 aromatic heterocycles. The van der Waals surface area contributed by atoms with E-state index in [1.165, 1.54) is 0 Å². The zero-order chi connectivity index (χ0) is 24.2. The van der Waals surface area contributed by atoms with Crippen molar-refractivity contribution in [3.63, 3.8) is 0 Å². The highest BCUT2D eigenvalue weighted by atomic mass is 19.4. The van der Waals surface area contributed by atoms with E-state index >= 15 is 0 Å². The zero-order valence-corrected chi connectivity index (χ0v) is 18.6. The van der Waals surface area contributed by atoms with Crippen LogP contribution in [0.1, 0.15) is 33.5 Å². The molecule has 0 fully saturated rings. The lowest BCUT2D eigenvalue weighted by Crippen LogP contribution is -2.46. The summed E-state index contributed by atoms with van der Waals surface area (Å²) in [6, 6.07) is 25.3. The molecular weight excluding hydrogens is 440 g/mol. The largest absolute Gasteiger partial charge is 0.416 e. The van der Waals surface area contributed by atoms with Gasteiger partial charge in [-0.05, 0) is 53.4 Å². The lowest BCUT2D eigenvalue weighted by molar-refractivity contribution is -0.137. The first kappa shape index (κ1) is 23.6. The van der Waals surface area contributed by atoms with Crippen molar-refractivity contribution >= 4 is 0 Å². The van der Waals surface area contributed by atoms with Crippen molar-refractivity contribution in [1.82, 2.24) is 10.3 Å². The smallest absolute Gasteiger partial charge is 0.298 e. The van der Waals surface area contributed by atoms with E-state index in [1.807, 2.05) is 73.7 Å². The number of halogens is 4. The van der Waals surface area contributed by atoms with Crippen LogP contribution in [0, 0.1) is 12.7 Å². The quantitative estimate of drug-likeness (QED) is 0.304. The van der Waals surface area contributed by atoms with E-state index in [1.54, 1.807) is 12.3 Å². The highest BCUT2D eigenvalue weighted by Gasteiger charge is 2.39. The average molecular weight is 465 g/mol. The highest BCUT2D eigenvalue weighted by molar-refractivity contribution is 5.41. The molecule has 0 aliphatic rings.